The van der Waals surface area contributed by atoms with Crippen LogP contribution in [0.15, 0.2) is 23.2 Å². The number of hydrogen-bond donors (Lipinski definition) is 0. The third kappa shape index (κ3) is 4.24. The van der Waals surface area contributed by atoms with E-state index >= 15 is 0 Å². The predicted molar refractivity (Wildman–Crippen MR) is 117 cm³/mol. The van der Waals surface area contributed by atoms with Gasteiger partial charge in [-0.25, -0.2) is 15.0 Å². The Kier molecular flexibility index (Phi) is 5.78. The largest absolute Gasteiger partial charge is 0.361 e. The van der Waals surface area contributed by atoms with Gasteiger partial charge >= 0.3 is 0 Å². The topological polar surface area (TPSA) is 88.2 Å². The summed E-state index contributed by atoms with van der Waals surface area (Å²) in [6, 6.07) is 0. The van der Waals surface area contributed by atoms with Gasteiger partial charge < -0.3 is 9.42 Å². The van der Waals surface area contributed by atoms with Crippen LogP contribution in [-0.4, -0.2) is 55.4 Å². The summed E-state index contributed by atoms with van der Waals surface area (Å²) in [5, 5.41) is 5.07. The molecule has 0 unspecified atom stereocenters. The zero-order valence-corrected chi connectivity index (χ0v) is 18.5. The van der Waals surface area contributed by atoms with Crippen molar-refractivity contribution in [2.45, 2.75) is 52.1 Å². The summed E-state index contributed by atoms with van der Waals surface area (Å²) in [5.74, 6) is 0.694. The summed E-state index contributed by atoms with van der Waals surface area (Å²) >= 11 is 1.61. The van der Waals surface area contributed by atoms with E-state index in [2.05, 4.69) is 20.0 Å². The zero-order valence-electron chi connectivity index (χ0n) is 17.7. The number of likely N-dealkylation sites (tertiary alicyclic amines) is 1. The maximum Gasteiger partial charge on any atom is 0.276 e. The van der Waals surface area contributed by atoms with Gasteiger partial charge in [-0.2, -0.15) is 0 Å². The quantitative estimate of drug-likeness (QED) is 0.616. The van der Waals surface area contributed by atoms with Crippen molar-refractivity contribution < 1.29 is 9.32 Å². The third-order valence-corrected chi connectivity index (χ3v) is 7.23. The van der Waals surface area contributed by atoms with Gasteiger partial charge in [-0.05, 0) is 32.9 Å². The van der Waals surface area contributed by atoms with E-state index in [-0.39, 0.29) is 5.91 Å². The molecule has 0 radical (unpaired) electrons. The second kappa shape index (κ2) is 8.84. The number of rotatable bonds is 4. The molecule has 1 saturated heterocycles. The molecule has 0 saturated carbocycles. The average Bonchev–Trinajstić information content (AvgIpc) is 3.28. The lowest BCUT2D eigenvalue weighted by Gasteiger charge is -2.26. The monoisotopic (exact) mass is 438 g/mol. The predicted octanol–water partition coefficient (Wildman–Crippen LogP) is 3.47. The van der Waals surface area contributed by atoms with Gasteiger partial charge in [0, 0.05) is 47.9 Å². The first-order valence-corrected chi connectivity index (χ1v) is 11.7. The summed E-state index contributed by atoms with van der Waals surface area (Å²) in [7, 11) is 0. The van der Waals surface area contributed by atoms with Crippen LogP contribution >= 0.6 is 11.3 Å². The molecule has 1 fully saturated rings. The molecule has 3 aromatic heterocycles. The van der Waals surface area contributed by atoms with Crippen molar-refractivity contribution >= 4 is 17.2 Å². The van der Waals surface area contributed by atoms with Crippen LogP contribution in [0.1, 0.15) is 58.1 Å². The number of thiazole rings is 1. The van der Waals surface area contributed by atoms with Gasteiger partial charge in [0.25, 0.3) is 5.91 Å². The molecule has 5 heterocycles. The molecule has 5 rings (SSSR count). The second-order valence-electron chi connectivity index (χ2n) is 8.25. The fraction of sp³-hybridized carbons (Fsp3) is 0.500. The van der Waals surface area contributed by atoms with Gasteiger partial charge in [0.1, 0.15) is 17.1 Å². The molecule has 8 nitrogen and oxygen atoms in total. The molecular formula is C22H26N6O2S. The Hall–Kier alpha value is -2.65. The number of carbonyl (C=O) groups is 1. The van der Waals surface area contributed by atoms with Gasteiger partial charge in [0.05, 0.1) is 12.2 Å². The fourth-order valence-corrected chi connectivity index (χ4v) is 5.41. The molecule has 2 aliphatic rings. The van der Waals surface area contributed by atoms with E-state index in [1.54, 1.807) is 23.7 Å². The van der Waals surface area contributed by atoms with Crippen LogP contribution in [0.25, 0.3) is 10.6 Å². The van der Waals surface area contributed by atoms with Crippen molar-refractivity contribution in [1.82, 2.24) is 29.9 Å². The normalized spacial score (nSPS) is 17.4. The number of hydrogen-bond acceptors (Lipinski definition) is 8. The minimum absolute atomic E-state index is 0.0506. The molecule has 0 N–H and O–H groups in total. The summed E-state index contributed by atoms with van der Waals surface area (Å²) in [6.45, 7) is 5.96. The number of aromatic nitrogens is 4. The van der Waals surface area contributed by atoms with Crippen LogP contribution < -0.4 is 0 Å². The van der Waals surface area contributed by atoms with Crippen molar-refractivity contribution in [2.75, 3.05) is 19.6 Å². The van der Waals surface area contributed by atoms with Crippen molar-refractivity contribution in [3.8, 4) is 10.6 Å². The molecule has 0 bridgehead atoms. The summed E-state index contributed by atoms with van der Waals surface area (Å²) in [4.78, 5) is 31.7. The highest BCUT2D eigenvalue weighted by atomic mass is 32.1. The molecule has 31 heavy (non-hydrogen) atoms. The molecular weight excluding hydrogens is 412 g/mol. The maximum atomic E-state index is 13.4. The van der Waals surface area contributed by atoms with E-state index in [1.165, 1.54) is 32.0 Å². The Morgan fingerprint density at radius 1 is 1.13 bits per heavy atom. The highest BCUT2D eigenvalue weighted by molar-refractivity contribution is 7.15. The number of aryl methyl sites for hydroxylation is 1. The van der Waals surface area contributed by atoms with Crippen molar-refractivity contribution in [3.63, 3.8) is 0 Å². The first-order valence-electron chi connectivity index (χ1n) is 10.9. The van der Waals surface area contributed by atoms with Crippen LogP contribution in [-0.2, 0) is 19.5 Å². The summed E-state index contributed by atoms with van der Waals surface area (Å²) in [6.07, 6.45) is 10.8. The van der Waals surface area contributed by atoms with Crippen molar-refractivity contribution in [3.05, 3.63) is 46.3 Å². The standard InChI is InChI=1S/C22H26N6O2S/c1-15-17(12-27-7-4-2-3-5-8-27)20(26-30-15)22(29)28-9-6-18-19(13-28)31-21(25-18)16-10-23-14-24-11-16/h10-11,14H,2-9,12-13H2,1H3. The highest BCUT2D eigenvalue weighted by Gasteiger charge is 2.30. The average molecular weight is 439 g/mol. The lowest BCUT2D eigenvalue weighted by atomic mass is 10.1. The van der Waals surface area contributed by atoms with Crippen LogP contribution in [0.3, 0.4) is 0 Å². The molecule has 0 aromatic carbocycles. The van der Waals surface area contributed by atoms with Crippen LogP contribution in [0.2, 0.25) is 0 Å². The maximum absolute atomic E-state index is 13.4. The third-order valence-electron chi connectivity index (χ3n) is 6.09. The first kappa shape index (κ1) is 20.3. The Morgan fingerprint density at radius 2 is 1.90 bits per heavy atom. The highest BCUT2D eigenvalue weighted by Crippen LogP contribution is 2.32. The van der Waals surface area contributed by atoms with E-state index in [0.29, 0.717) is 18.8 Å². The van der Waals surface area contributed by atoms with E-state index in [4.69, 9.17) is 9.51 Å². The van der Waals surface area contributed by atoms with Gasteiger partial charge in [0.15, 0.2) is 5.69 Å². The minimum Gasteiger partial charge on any atom is -0.361 e. The van der Waals surface area contributed by atoms with Gasteiger partial charge in [-0.3, -0.25) is 9.69 Å². The number of carbonyl (C=O) groups excluding carboxylic acids is 1. The molecule has 0 aliphatic carbocycles. The zero-order chi connectivity index (χ0) is 21.2. The summed E-state index contributed by atoms with van der Waals surface area (Å²) in [5.41, 5.74) is 3.37. The Balaban J connectivity index is 1.33. The van der Waals surface area contributed by atoms with Crippen LogP contribution in [0.4, 0.5) is 0 Å². The lowest BCUT2D eigenvalue weighted by Crippen LogP contribution is -2.36. The van der Waals surface area contributed by atoms with E-state index in [9.17, 15) is 4.79 Å². The molecule has 0 spiro atoms. The number of fused-ring (bicyclic) bond motifs is 1. The molecule has 3 aromatic rings. The SMILES string of the molecule is Cc1onc(C(=O)N2CCc3nc(-c4cncnc4)sc3C2)c1CN1CCCCCC1. The first-order chi connectivity index (χ1) is 15.2. The Labute approximate surface area is 185 Å². The lowest BCUT2D eigenvalue weighted by molar-refractivity contribution is 0.0723. The van der Waals surface area contributed by atoms with Crippen LogP contribution in [0, 0.1) is 6.92 Å². The number of nitrogens with zero attached hydrogens (tertiary/aromatic N) is 6. The Bertz CT molecular complexity index is 1060. The smallest absolute Gasteiger partial charge is 0.276 e. The van der Waals surface area contributed by atoms with Crippen molar-refractivity contribution in [1.29, 1.82) is 0 Å². The molecule has 1 amide bonds. The number of amides is 1. The fourth-order valence-electron chi connectivity index (χ4n) is 4.31. The Morgan fingerprint density at radius 3 is 2.68 bits per heavy atom. The molecule has 162 valence electrons. The van der Waals surface area contributed by atoms with Gasteiger partial charge in [0.2, 0.25) is 0 Å². The molecule has 2 aliphatic heterocycles. The second-order valence-corrected chi connectivity index (χ2v) is 9.33. The van der Waals surface area contributed by atoms with Crippen molar-refractivity contribution in [2.24, 2.45) is 0 Å². The van der Waals surface area contributed by atoms with Crippen LogP contribution in [0.5, 0.6) is 0 Å². The molecule has 0 atom stereocenters. The van der Waals surface area contributed by atoms with E-state index < -0.39 is 0 Å². The van der Waals surface area contributed by atoms with Gasteiger partial charge in [-0.1, -0.05) is 18.0 Å². The molecule has 9 heteroatoms. The van der Waals surface area contributed by atoms with E-state index in [0.717, 1.165) is 58.5 Å². The van der Waals surface area contributed by atoms with Gasteiger partial charge in [-0.15, -0.1) is 11.3 Å². The minimum atomic E-state index is -0.0506. The summed E-state index contributed by atoms with van der Waals surface area (Å²) < 4.78 is 5.46. The van der Waals surface area contributed by atoms with E-state index in [1.807, 2.05) is 11.8 Å².